The van der Waals surface area contributed by atoms with Crippen molar-refractivity contribution in [1.82, 2.24) is 35.0 Å². The van der Waals surface area contributed by atoms with Crippen LogP contribution in [0.4, 0.5) is 0 Å². The molecule has 1 aliphatic rings. The van der Waals surface area contributed by atoms with Crippen LogP contribution in [-0.4, -0.2) is 74.4 Å². The molecule has 1 saturated heterocycles. The van der Waals surface area contributed by atoms with Gasteiger partial charge in [-0.25, -0.2) is 4.68 Å². The Balaban J connectivity index is 1.46. The number of H-pyrrole nitrogens is 1. The maximum atomic E-state index is 13.3. The van der Waals surface area contributed by atoms with Crippen LogP contribution in [0.25, 0.3) is 10.9 Å². The van der Waals surface area contributed by atoms with E-state index in [4.69, 9.17) is 4.74 Å². The second-order valence-corrected chi connectivity index (χ2v) is 10.1. The van der Waals surface area contributed by atoms with E-state index in [2.05, 4.69) is 75.3 Å². The molecule has 200 valence electrons. The van der Waals surface area contributed by atoms with Gasteiger partial charge in [-0.15, -0.1) is 5.10 Å². The summed E-state index contributed by atoms with van der Waals surface area (Å²) in [4.78, 5) is 21.2. The number of benzene rings is 2. The Bertz CT molecular complexity index is 1410. The minimum absolute atomic E-state index is 0.0374. The Hall–Kier alpha value is -3.40. The molecule has 0 spiro atoms. The first-order valence-corrected chi connectivity index (χ1v) is 13.5. The van der Waals surface area contributed by atoms with Gasteiger partial charge in [-0.2, -0.15) is 0 Å². The van der Waals surface area contributed by atoms with E-state index in [-0.39, 0.29) is 11.6 Å². The highest BCUT2D eigenvalue weighted by atomic mass is 16.5. The number of nitrogens with one attached hydrogen (secondary N) is 1. The van der Waals surface area contributed by atoms with Crippen molar-refractivity contribution in [3.8, 4) is 0 Å². The summed E-state index contributed by atoms with van der Waals surface area (Å²) < 4.78 is 7.44. The summed E-state index contributed by atoms with van der Waals surface area (Å²) >= 11 is 0. The Morgan fingerprint density at radius 1 is 1.11 bits per heavy atom. The van der Waals surface area contributed by atoms with Crippen molar-refractivity contribution in [2.75, 3.05) is 39.4 Å². The van der Waals surface area contributed by atoms with Crippen LogP contribution >= 0.6 is 0 Å². The van der Waals surface area contributed by atoms with Crippen LogP contribution in [0.3, 0.4) is 0 Å². The Morgan fingerprint density at radius 2 is 1.89 bits per heavy atom. The van der Waals surface area contributed by atoms with Gasteiger partial charge < -0.3 is 9.72 Å². The van der Waals surface area contributed by atoms with E-state index in [1.54, 1.807) is 0 Å². The van der Waals surface area contributed by atoms with Gasteiger partial charge in [0.15, 0.2) is 5.82 Å². The fraction of sp³-hybridized carbons (Fsp3) is 0.448. The average Bonchev–Trinajstić information content (AvgIpc) is 3.39. The second-order valence-electron chi connectivity index (χ2n) is 10.1. The number of aromatic nitrogens is 5. The van der Waals surface area contributed by atoms with E-state index in [1.165, 1.54) is 5.56 Å². The van der Waals surface area contributed by atoms with Gasteiger partial charge in [0.25, 0.3) is 5.56 Å². The standard InChI is InChI=1S/C29H37N7O2/c1-4-26(28-31-32-33-36(28)19-23-8-6-5-7-9-23)35(13-12-34-14-16-38-17-15-34)20-25-18-24-11-10-21(2)22(3)27(24)30-29(25)37/h5-11,18,26H,4,12-17,19-20H2,1-3H3,(H,30,37). The minimum atomic E-state index is -0.0405. The molecule has 38 heavy (non-hydrogen) atoms. The molecule has 4 aromatic rings. The van der Waals surface area contributed by atoms with Gasteiger partial charge in [0.05, 0.1) is 31.3 Å². The van der Waals surface area contributed by atoms with Crippen molar-refractivity contribution < 1.29 is 4.74 Å². The maximum absolute atomic E-state index is 13.3. The molecule has 0 aliphatic carbocycles. The lowest BCUT2D eigenvalue weighted by molar-refractivity contribution is 0.0292. The molecule has 1 atom stereocenters. The lowest BCUT2D eigenvalue weighted by Gasteiger charge is -2.33. The van der Waals surface area contributed by atoms with Crippen LogP contribution in [0.1, 0.15) is 47.5 Å². The number of pyridine rings is 1. The molecule has 1 fully saturated rings. The highest BCUT2D eigenvalue weighted by molar-refractivity contribution is 5.83. The number of morpholine rings is 1. The topological polar surface area (TPSA) is 92.2 Å². The zero-order valence-electron chi connectivity index (χ0n) is 22.6. The largest absolute Gasteiger partial charge is 0.379 e. The van der Waals surface area contributed by atoms with Gasteiger partial charge in [-0.1, -0.05) is 49.4 Å². The quantitative estimate of drug-likeness (QED) is 0.346. The van der Waals surface area contributed by atoms with Crippen molar-refractivity contribution in [2.24, 2.45) is 0 Å². The van der Waals surface area contributed by atoms with Crippen LogP contribution in [0.15, 0.2) is 53.3 Å². The summed E-state index contributed by atoms with van der Waals surface area (Å²) in [5.41, 5.74) is 5.06. The van der Waals surface area contributed by atoms with Crippen LogP contribution < -0.4 is 5.56 Å². The third-order valence-corrected chi connectivity index (χ3v) is 7.67. The van der Waals surface area contributed by atoms with Gasteiger partial charge >= 0.3 is 0 Å². The monoisotopic (exact) mass is 515 g/mol. The van der Waals surface area contributed by atoms with Crippen LogP contribution in [-0.2, 0) is 17.8 Å². The SMILES string of the molecule is CCC(c1nnnn1Cc1ccccc1)N(CCN1CCOCC1)Cc1cc2ccc(C)c(C)c2[nH]c1=O. The molecule has 0 amide bonds. The number of ether oxygens (including phenoxy) is 1. The number of hydrogen-bond donors (Lipinski definition) is 1. The molecule has 0 bridgehead atoms. The van der Waals surface area contributed by atoms with E-state index in [0.717, 1.165) is 79.2 Å². The molecular weight excluding hydrogens is 478 g/mol. The number of nitrogens with zero attached hydrogens (tertiary/aromatic N) is 6. The lowest BCUT2D eigenvalue weighted by atomic mass is 10.0. The summed E-state index contributed by atoms with van der Waals surface area (Å²) in [6, 6.07) is 16.4. The maximum Gasteiger partial charge on any atom is 0.252 e. The summed E-state index contributed by atoms with van der Waals surface area (Å²) in [5.74, 6) is 0.821. The number of aryl methyl sites for hydroxylation is 2. The number of tetrazole rings is 1. The molecule has 5 rings (SSSR count). The van der Waals surface area contributed by atoms with Gasteiger partial charge in [-0.3, -0.25) is 14.6 Å². The Labute approximate surface area is 223 Å². The summed E-state index contributed by atoms with van der Waals surface area (Å²) in [5, 5.41) is 13.9. The van der Waals surface area contributed by atoms with E-state index >= 15 is 0 Å². The number of fused-ring (bicyclic) bond motifs is 1. The molecule has 1 aliphatic heterocycles. The lowest BCUT2D eigenvalue weighted by Crippen LogP contribution is -2.43. The predicted molar refractivity (Wildman–Crippen MR) is 148 cm³/mol. The normalized spacial score (nSPS) is 15.4. The molecule has 9 nitrogen and oxygen atoms in total. The van der Waals surface area contributed by atoms with Gasteiger partial charge in [0, 0.05) is 38.3 Å². The van der Waals surface area contributed by atoms with Crippen LogP contribution in [0, 0.1) is 13.8 Å². The first-order valence-electron chi connectivity index (χ1n) is 13.5. The molecule has 0 radical (unpaired) electrons. The first kappa shape index (κ1) is 26.2. The van der Waals surface area contributed by atoms with Gasteiger partial charge in [0.1, 0.15) is 0 Å². The Kier molecular flexibility index (Phi) is 8.26. The summed E-state index contributed by atoms with van der Waals surface area (Å²) in [7, 11) is 0. The zero-order chi connectivity index (χ0) is 26.5. The van der Waals surface area contributed by atoms with Gasteiger partial charge in [0.2, 0.25) is 0 Å². The van der Waals surface area contributed by atoms with E-state index in [0.29, 0.717) is 13.1 Å². The molecule has 2 aromatic carbocycles. The smallest absolute Gasteiger partial charge is 0.252 e. The zero-order valence-corrected chi connectivity index (χ0v) is 22.6. The second kappa shape index (κ2) is 12.0. The number of hydrogen-bond acceptors (Lipinski definition) is 7. The third-order valence-electron chi connectivity index (χ3n) is 7.67. The van der Waals surface area contributed by atoms with Gasteiger partial charge in [-0.05, 0) is 58.8 Å². The molecule has 0 saturated carbocycles. The number of rotatable bonds is 10. The molecular formula is C29H37N7O2. The molecule has 2 aromatic heterocycles. The van der Waals surface area contributed by atoms with E-state index < -0.39 is 0 Å². The van der Waals surface area contributed by atoms with Crippen molar-refractivity contribution in [2.45, 2.75) is 46.3 Å². The van der Waals surface area contributed by atoms with Crippen molar-refractivity contribution in [3.63, 3.8) is 0 Å². The molecule has 1 N–H and O–H groups in total. The predicted octanol–water partition coefficient (Wildman–Crippen LogP) is 3.47. The average molecular weight is 516 g/mol. The van der Waals surface area contributed by atoms with Crippen LogP contribution in [0.2, 0.25) is 0 Å². The van der Waals surface area contributed by atoms with E-state index in [9.17, 15) is 4.79 Å². The summed E-state index contributed by atoms with van der Waals surface area (Å²) in [6.07, 6.45) is 0.821. The van der Waals surface area contributed by atoms with Crippen molar-refractivity contribution >= 4 is 10.9 Å². The van der Waals surface area contributed by atoms with Crippen LogP contribution in [0.5, 0.6) is 0 Å². The highest BCUT2D eigenvalue weighted by Crippen LogP contribution is 2.26. The molecule has 9 heteroatoms. The first-order chi connectivity index (χ1) is 18.5. The minimum Gasteiger partial charge on any atom is -0.379 e. The highest BCUT2D eigenvalue weighted by Gasteiger charge is 2.26. The third kappa shape index (κ3) is 5.85. The fourth-order valence-electron chi connectivity index (χ4n) is 5.27. The molecule has 1 unspecified atom stereocenters. The van der Waals surface area contributed by atoms with Crippen molar-refractivity contribution in [1.29, 1.82) is 0 Å². The molecule has 3 heterocycles. The summed E-state index contributed by atoms with van der Waals surface area (Å²) in [6.45, 7) is 12.4. The fourth-order valence-corrected chi connectivity index (χ4v) is 5.27. The van der Waals surface area contributed by atoms with Crippen molar-refractivity contribution in [3.05, 3.63) is 87.0 Å². The Morgan fingerprint density at radius 3 is 2.66 bits per heavy atom. The number of aromatic amines is 1. The van der Waals surface area contributed by atoms with E-state index in [1.807, 2.05) is 28.9 Å².